The van der Waals surface area contributed by atoms with Gasteiger partial charge in [-0.2, -0.15) is 0 Å². The molecule has 1 fully saturated rings. The molecule has 0 spiro atoms. The SMILES string of the molecule is O=C(O)NCC(CCCCCCCCCCCCCCCCc1ccccc1)CCC(=O)N1CCN(Cc2ccccc2)CC1. The van der Waals surface area contributed by atoms with E-state index < -0.39 is 6.09 Å². The van der Waals surface area contributed by atoms with E-state index in [4.69, 9.17) is 5.11 Å². The maximum atomic E-state index is 12.9. The van der Waals surface area contributed by atoms with Crippen molar-refractivity contribution >= 4 is 12.0 Å². The Kier molecular flexibility index (Phi) is 19.1. The van der Waals surface area contributed by atoms with Gasteiger partial charge in [0.15, 0.2) is 0 Å². The molecule has 0 aliphatic carbocycles. The van der Waals surface area contributed by atoms with E-state index >= 15 is 0 Å². The normalized spacial score (nSPS) is 14.4. The van der Waals surface area contributed by atoms with Gasteiger partial charge >= 0.3 is 6.09 Å². The van der Waals surface area contributed by atoms with Crippen LogP contribution in [0.4, 0.5) is 4.79 Å². The van der Waals surface area contributed by atoms with Gasteiger partial charge in [0.2, 0.25) is 5.91 Å². The Bertz CT molecular complexity index is 1020. The van der Waals surface area contributed by atoms with Crippen LogP contribution in [0.25, 0.3) is 0 Å². The Balaban J connectivity index is 1.14. The van der Waals surface area contributed by atoms with E-state index in [9.17, 15) is 9.59 Å². The van der Waals surface area contributed by atoms with Crippen LogP contribution in [0.1, 0.15) is 120 Å². The van der Waals surface area contributed by atoms with Gasteiger partial charge in [0.1, 0.15) is 0 Å². The Morgan fingerprint density at radius 2 is 1.11 bits per heavy atom. The molecule has 1 aliphatic heterocycles. The third kappa shape index (κ3) is 17.4. The smallest absolute Gasteiger partial charge is 0.404 e. The number of nitrogens with zero attached hydrogens (tertiary/aromatic N) is 2. The third-order valence-corrected chi connectivity index (χ3v) is 9.45. The second-order valence-corrected chi connectivity index (χ2v) is 13.2. The number of unbranched alkanes of at least 4 members (excludes halogenated alkanes) is 13. The summed E-state index contributed by atoms with van der Waals surface area (Å²) in [7, 11) is 0. The van der Waals surface area contributed by atoms with E-state index in [1.165, 1.54) is 101 Å². The monoisotopic (exact) mass is 619 g/mol. The van der Waals surface area contributed by atoms with Crippen LogP contribution < -0.4 is 5.32 Å². The number of hydrogen-bond donors (Lipinski definition) is 2. The van der Waals surface area contributed by atoms with Gasteiger partial charge in [-0.15, -0.1) is 0 Å². The van der Waals surface area contributed by atoms with Crippen LogP contribution in [0.15, 0.2) is 60.7 Å². The molecule has 0 radical (unpaired) electrons. The van der Waals surface area contributed by atoms with Crippen LogP contribution in [0.5, 0.6) is 0 Å². The first kappa shape index (κ1) is 36.6. The average molecular weight is 620 g/mol. The van der Waals surface area contributed by atoms with Gasteiger partial charge < -0.3 is 15.3 Å². The summed E-state index contributed by atoms with van der Waals surface area (Å²) in [5, 5.41) is 11.7. The molecule has 1 unspecified atom stereocenters. The van der Waals surface area contributed by atoms with Crippen LogP contribution in [-0.4, -0.2) is 59.6 Å². The molecule has 0 saturated carbocycles. The highest BCUT2D eigenvalue weighted by molar-refractivity contribution is 5.76. The molecule has 45 heavy (non-hydrogen) atoms. The molecule has 6 nitrogen and oxygen atoms in total. The molecule has 2 amide bonds. The molecule has 2 aromatic rings. The predicted molar refractivity (Wildman–Crippen MR) is 186 cm³/mol. The lowest BCUT2D eigenvalue weighted by atomic mass is 9.95. The predicted octanol–water partition coefficient (Wildman–Crippen LogP) is 9.09. The van der Waals surface area contributed by atoms with E-state index in [0.29, 0.717) is 13.0 Å². The summed E-state index contributed by atoms with van der Waals surface area (Å²) in [5.74, 6) is 0.446. The molecule has 1 atom stereocenters. The van der Waals surface area contributed by atoms with E-state index in [0.717, 1.165) is 52.0 Å². The van der Waals surface area contributed by atoms with Gasteiger partial charge in [0.25, 0.3) is 0 Å². The summed E-state index contributed by atoms with van der Waals surface area (Å²) in [5.41, 5.74) is 2.78. The fourth-order valence-electron chi connectivity index (χ4n) is 6.59. The first-order valence-corrected chi connectivity index (χ1v) is 18.1. The van der Waals surface area contributed by atoms with Gasteiger partial charge in [-0.3, -0.25) is 9.69 Å². The maximum absolute atomic E-state index is 12.9. The fraction of sp³-hybridized carbons (Fsp3) is 0.641. The van der Waals surface area contributed by atoms with Crippen LogP contribution in [-0.2, 0) is 17.8 Å². The van der Waals surface area contributed by atoms with E-state index in [2.05, 4.69) is 64.8 Å². The number of piperazine rings is 1. The van der Waals surface area contributed by atoms with Crippen LogP contribution in [0, 0.1) is 5.92 Å². The van der Waals surface area contributed by atoms with E-state index in [1.807, 2.05) is 11.0 Å². The number of amides is 2. The van der Waals surface area contributed by atoms with Gasteiger partial charge in [-0.05, 0) is 42.7 Å². The molecule has 250 valence electrons. The number of rotatable bonds is 24. The molecule has 2 N–H and O–H groups in total. The number of benzene rings is 2. The minimum atomic E-state index is -0.972. The third-order valence-electron chi connectivity index (χ3n) is 9.45. The topological polar surface area (TPSA) is 72.9 Å². The molecule has 0 aromatic heterocycles. The van der Waals surface area contributed by atoms with Crippen molar-refractivity contribution in [2.75, 3.05) is 32.7 Å². The van der Waals surface area contributed by atoms with Gasteiger partial charge in [-0.1, -0.05) is 144 Å². The van der Waals surface area contributed by atoms with Crippen molar-refractivity contribution in [2.24, 2.45) is 5.92 Å². The number of nitrogens with one attached hydrogen (secondary N) is 1. The Labute approximate surface area is 274 Å². The largest absolute Gasteiger partial charge is 0.465 e. The highest BCUT2D eigenvalue weighted by Gasteiger charge is 2.22. The van der Waals surface area contributed by atoms with Crippen molar-refractivity contribution in [1.29, 1.82) is 0 Å². The molecule has 2 aromatic carbocycles. The molecule has 1 aliphatic rings. The second-order valence-electron chi connectivity index (χ2n) is 13.2. The summed E-state index contributed by atoms with van der Waals surface area (Å²) in [6.07, 6.45) is 21.0. The maximum Gasteiger partial charge on any atom is 0.404 e. The van der Waals surface area contributed by atoms with Crippen LogP contribution in [0.3, 0.4) is 0 Å². The minimum Gasteiger partial charge on any atom is -0.465 e. The number of hydrogen-bond acceptors (Lipinski definition) is 3. The lowest BCUT2D eigenvalue weighted by molar-refractivity contribution is -0.133. The standard InChI is InChI=1S/C39H61N3O3/c43-38(42-31-29-41(30-32-42)34-37-25-19-14-20-26-37)28-27-36(33-40-39(44)45)24-16-12-10-8-6-4-2-1-3-5-7-9-11-15-21-35-22-17-13-18-23-35/h13-14,17-20,22-23,25-26,36,40H,1-12,15-16,21,24,27-34H2,(H,44,45). The average Bonchev–Trinajstić information content (AvgIpc) is 3.06. The lowest BCUT2D eigenvalue weighted by Crippen LogP contribution is -2.48. The number of carbonyl (C=O) groups is 2. The molecule has 3 rings (SSSR count). The van der Waals surface area contributed by atoms with Crippen LogP contribution >= 0.6 is 0 Å². The molecule has 6 heteroatoms. The first-order valence-electron chi connectivity index (χ1n) is 18.1. The lowest BCUT2D eigenvalue weighted by Gasteiger charge is -2.35. The van der Waals surface area contributed by atoms with Crippen molar-refractivity contribution in [3.63, 3.8) is 0 Å². The van der Waals surface area contributed by atoms with Crippen LogP contribution in [0.2, 0.25) is 0 Å². The highest BCUT2D eigenvalue weighted by atomic mass is 16.4. The van der Waals surface area contributed by atoms with E-state index in [1.54, 1.807) is 0 Å². The molecule has 1 heterocycles. The zero-order valence-electron chi connectivity index (χ0n) is 28.0. The van der Waals surface area contributed by atoms with Crippen molar-refractivity contribution in [2.45, 2.75) is 122 Å². The van der Waals surface area contributed by atoms with Crippen molar-refractivity contribution in [1.82, 2.24) is 15.1 Å². The summed E-state index contributed by atoms with van der Waals surface area (Å²) in [6.45, 7) is 4.74. The summed E-state index contributed by atoms with van der Waals surface area (Å²) in [4.78, 5) is 28.5. The Morgan fingerprint density at radius 3 is 1.64 bits per heavy atom. The van der Waals surface area contributed by atoms with Gasteiger partial charge in [0.05, 0.1) is 0 Å². The minimum absolute atomic E-state index is 0.216. The van der Waals surface area contributed by atoms with Crippen molar-refractivity contribution < 1.29 is 14.7 Å². The summed E-state index contributed by atoms with van der Waals surface area (Å²) < 4.78 is 0. The van der Waals surface area contributed by atoms with Crippen molar-refractivity contribution in [3.05, 3.63) is 71.8 Å². The Morgan fingerprint density at radius 1 is 0.622 bits per heavy atom. The Hall–Kier alpha value is -2.86. The van der Waals surface area contributed by atoms with E-state index in [-0.39, 0.29) is 11.8 Å². The fourth-order valence-corrected chi connectivity index (χ4v) is 6.59. The zero-order chi connectivity index (χ0) is 31.8. The molecular formula is C39H61N3O3. The summed E-state index contributed by atoms with van der Waals surface area (Å²) in [6, 6.07) is 21.3. The van der Waals surface area contributed by atoms with Crippen molar-refractivity contribution in [3.8, 4) is 0 Å². The number of carbonyl (C=O) groups excluding carboxylic acids is 1. The summed E-state index contributed by atoms with van der Waals surface area (Å²) >= 11 is 0. The molecule has 1 saturated heterocycles. The van der Waals surface area contributed by atoms with Gasteiger partial charge in [-0.25, -0.2) is 4.79 Å². The second kappa shape index (κ2) is 23.5. The molecule has 0 bridgehead atoms. The first-order chi connectivity index (χ1) is 22.1. The molecular weight excluding hydrogens is 558 g/mol. The number of carboxylic acid groups (broad SMARTS) is 1. The number of aryl methyl sites for hydroxylation is 1. The quantitative estimate of drug-likeness (QED) is 0.115. The van der Waals surface area contributed by atoms with Gasteiger partial charge in [0, 0.05) is 45.7 Å². The highest BCUT2D eigenvalue weighted by Crippen LogP contribution is 2.19. The zero-order valence-corrected chi connectivity index (χ0v) is 28.0.